The van der Waals surface area contributed by atoms with E-state index in [9.17, 15) is 14.0 Å². The Kier molecular flexibility index (Phi) is 5.61. The Labute approximate surface area is 174 Å². The third kappa shape index (κ3) is 3.97. The highest BCUT2D eigenvalue weighted by atomic mass is 19.1. The molecule has 0 bridgehead atoms. The second-order valence-electron chi connectivity index (χ2n) is 7.74. The third-order valence-corrected chi connectivity index (χ3v) is 5.73. The van der Waals surface area contributed by atoms with Gasteiger partial charge in [0.15, 0.2) is 18.1 Å². The van der Waals surface area contributed by atoms with Gasteiger partial charge in [0.1, 0.15) is 19.0 Å². The summed E-state index contributed by atoms with van der Waals surface area (Å²) in [6, 6.07) is 9.95. The van der Waals surface area contributed by atoms with Crippen molar-refractivity contribution in [2.45, 2.75) is 38.0 Å². The minimum Gasteiger partial charge on any atom is -0.486 e. The van der Waals surface area contributed by atoms with E-state index in [2.05, 4.69) is 5.32 Å². The Bertz CT molecular complexity index is 968. The zero-order valence-corrected chi connectivity index (χ0v) is 16.8. The van der Waals surface area contributed by atoms with Crippen LogP contribution in [0.4, 0.5) is 10.1 Å². The van der Waals surface area contributed by atoms with Crippen molar-refractivity contribution in [2.75, 3.05) is 25.1 Å². The molecule has 0 spiro atoms. The lowest BCUT2D eigenvalue weighted by Gasteiger charge is -2.28. The van der Waals surface area contributed by atoms with Gasteiger partial charge in [0.05, 0.1) is 5.41 Å². The van der Waals surface area contributed by atoms with Crippen LogP contribution in [0.25, 0.3) is 0 Å². The lowest BCUT2D eigenvalue weighted by atomic mass is 9.78. The van der Waals surface area contributed by atoms with Gasteiger partial charge < -0.3 is 19.5 Å². The number of esters is 1. The standard InChI is InChI=1S/C23H24FNO5/c1-15-4-6-17(13-18(15)24)25-21(26)14-30-22(27)23(8-2-3-9-23)16-5-7-19-20(12-16)29-11-10-28-19/h4-7,12-13H,2-3,8-11,14H2,1H3,(H,25,26). The van der Waals surface area contributed by atoms with Crippen molar-refractivity contribution in [3.63, 3.8) is 0 Å². The van der Waals surface area contributed by atoms with E-state index in [1.54, 1.807) is 19.1 Å². The molecule has 0 radical (unpaired) electrons. The fraction of sp³-hybridized carbons (Fsp3) is 0.391. The maximum atomic E-state index is 13.7. The van der Waals surface area contributed by atoms with Gasteiger partial charge in [0.25, 0.3) is 5.91 Å². The van der Waals surface area contributed by atoms with Gasteiger partial charge in [-0.1, -0.05) is 25.0 Å². The van der Waals surface area contributed by atoms with Crippen molar-refractivity contribution in [2.24, 2.45) is 0 Å². The van der Waals surface area contributed by atoms with Crippen LogP contribution in [0.2, 0.25) is 0 Å². The number of aryl methyl sites for hydroxylation is 1. The first kappa shape index (κ1) is 20.2. The lowest BCUT2D eigenvalue weighted by Crippen LogP contribution is -2.36. The SMILES string of the molecule is Cc1ccc(NC(=O)COC(=O)C2(c3ccc4c(c3)OCCO4)CCCC2)cc1F. The topological polar surface area (TPSA) is 73.9 Å². The Morgan fingerprint density at radius 1 is 1.07 bits per heavy atom. The average Bonchev–Trinajstić information content (AvgIpc) is 3.25. The summed E-state index contributed by atoms with van der Waals surface area (Å²) in [7, 11) is 0. The van der Waals surface area contributed by atoms with Crippen LogP contribution in [0.5, 0.6) is 11.5 Å². The fourth-order valence-electron chi connectivity index (χ4n) is 4.07. The molecule has 158 valence electrons. The summed E-state index contributed by atoms with van der Waals surface area (Å²) in [4.78, 5) is 25.3. The van der Waals surface area contributed by atoms with Gasteiger partial charge in [-0.05, 0) is 55.2 Å². The highest BCUT2D eigenvalue weighted by molar-refractivity contribution is 5.94. The van der Waals surface area contributed by atoms with Crippen LogP contribution in [0.15, 0.2) is 36.4 Å². The third-order valence-electron chi connectivity index (χ3n) is 5.73. The number of benzene rings is 2. The zero-order chi connectivity index (χ0) is 21.1. The first-order chi connectivity index (χ1) is 14.5. The van der Waals surface area contributed by atoms with Crippen LogP contribution in [0, 0.1) is 12.7 Å². The van der Waals surface area contributed by atoms with E-state index in [1.165, 1.54) is 6.07 Å². The predicted molar refractivity (Wildman–Crippen MR) is 108 cm³/mol. The fourth-order valence-corrected chi connectivity index (χ4v) is 4.07. The first-order valence-corrected chi connectivity index (χ1v) is 10.1. The van der Waals surface area contributed by atoms with Gasteiger partial charge >= 0.3 is 5.97 Å². The lowest BCUT2D eigenvalue weighted by molar-refractivity contribution is -0.153. The van der Waals surface area contributed by atoms with Crippen LogP contribution >= 0.6 is 0 Å². The number of fused-ring (bicyclic) bond motifs is 1. The molecule has 4 rings (SSSR count). The number of nitrogens with one attached hydrogen (secondary N) is 1. The van der Waals surface area contributed by atoms with Crippen molar-refractivity contribution in [1.29, 1.82) is 0 Å². The Morgan fingerprint density at radius 3 is 2.53 bits per heavy atom. The van der Waals surface area contributed by atoms with Crippen LogP contribution in [-0.4, -0.2) is 31.7 Å². The Morgan fingerprint density at radius 2 is 1.80 bits per heavy atom. The molecule has 0 saturated heterocycles. The predicted octanol–water partition coefficient (Wildman–Crippen LogP) is 3.90. The molecule has 30 heavy (non-hydrogen) atoms. The number of rotatable bonds is 5. The van der Waals surface area contributed by atoms with Gasteiger partial charge in [0.2, 0.25) is 0 Å². The van der Waals surface area contributed by atoms with E-state index >= 15 is 0 Å². The van der Waals surface area contributed by atoms with Crippen molar-refractivity contribution in [1.82, 2.24) is 0 Å². The molecule has 2 aromatic rings. The largest absolute Gasteiger partial charge is 0.486 e. The maximum Gasteiger partial charge on any atom is 0.317 e. The average molecular weight is 413 g/mol. The summed E-state index contributed by atoms with van der Waals surface area (Å²) in [5, 5.41) is 2.56. The Hall–Kier alpha value is -3.09. The molecule has 2 aliphatic rings. The highest BCUT2D eigenvalue weighted by Gasteiger charge is 2.45. The summed E-state index contributed by atoms with van der Waals surface area (Å²) >= 11 is 0. The number of hydrogen-bond acceptors (Lipinski definition) is 5. The summed E-state index contributed by atoms with van der Waals surface area (Å²) in [6.07, 6.45) is 3.10. The highest BCUT2D eigenvalue weighted by Crippen LogP contribution is 2.45. The number of hydrogen-bond donors (Lipinski definition) is 1. The molecule has 6 nitrogen and oxygen atoms in total. The van der Waals surface area contributed by atoms with E-state index in [0.29, 0.717) is 48.8 Å². The molecular formula is C23H24FNO5. The van der Waals surface area contributed by atoms with Gasteiger partial charge in [-0.2, -0.15) is 0 Å². The van der Waals surface area contributed by atoms with Crippen LogP contribution in [0.1, 0.15) is 36.8 Å². The van der Waals surface area contributed by atoms with Gasteiger partial charge in [0, 0.05) is 5.69 Å². The van der Waals surface area contributed by atoms with E-state index in [0.717, 1.165) is 18.4 Å². The van der Waals surface area contributed by atoms with Crippen molar-refractivity contribution < 1.29 is 28.2 Å². The number of carbonyl (C=O) groups is 2. The molecule has 1 fully saturated rings. The second kappa shape index (κ2) is 8.34. The molecule has 2 aromatic carbocycles. The second-order valence-corrected chi connectivity index (χ2v) is 7.74. The van der Waals surface area contributed by atoms with E-state index in [-0.39, 0.29) is 0 Å². The molecule has 0 atom stereocenters. The first-order valence-electron chi connectivity index (χ1n) is 10.1. The number of ether oxygens (including phenoxy) is 3. The van der Waals surface area contributed by atoms with E-state index in [1.807, 2.05) is 18.2 Å². The van der Waals surface area contributed by atoms with Crippen LogP contribution < -0.4 is 14.8 Å². The molecule has 1 N–H and O–H groups in total. The normalized spacial score (nSPS) is 16.7. The number of amides is 1. The van der Waals surface area contributed by atoms with Crippen LogP contribution in [-0.2, 0) is 19.7 Å². The molecule has 1 saturated carbocycles. The molecular weight excluding hydrogens is 389 g/mol. The summed E-state index contributed by atoms with van der Waals surface area (Å²) in [5.74, 6) is -0.0645. The zero-order valence-electron chi connectivity index (χ0n) is 16.8. The van der Waals surface area contributed by atoms with E-state index < -0.39 is 29.7 Å². The van der Waals surface area contributed by atoms with Gasteiger partial charge in [-0.15, -0.1) is 0 Å². The van der Waals surface area contributed by atoms with Crippen LogP contribution in [0.3, 0.4) is 0 Å². The summed E-state index contributed by atoms with van der Waals surface area (Å²) in [5.41, 5.74) is 0.824. The maximum absolute atomic E-state index is 13.7. The number of halogens is 1. The van der Waals surface area contributed by atoms with Crippen molar-refractivity contribution in [3.8, 4) is 11.5 Å². The van der Waals surface area contributed by atoms with Crippen molar-refractivity contribution >= 4 is 17.6 Å². The smallest absolute Gasteiger partial charge is 0.317 e. The molecule has 1 heterocycles. The molecule has 1 aliphatic heterocycles. The molecule has 0 aromatic heterocycles. The quantitative estimate of drug-likeness (QED) is 0.753. The van der Waals surface area contributed by atoms with Gasteiger partial charge in [-0.25, -0.2) is 4.39 Å². The molecule has 7 heteroatoms. The minimum atomic E-state index is -0.800. The monoisotopic (exact) mass is 413 g/mol. The number of carbonyl (C=O) groups excluding carboxylic acids is 2. The summed E-state index contributed by atoms with van der Waals surface area (Å²) in [6.45, 7) is 2.18. The Balaban J connectivity index is 1.45. The molecule has 1 aliphatic carbocycles. The number of anilines is 1. The molecule has 1 amide bonds. The van der Waals surface area contributed by atoms with E-state index in [4.69, 9.17) is 14.2 Å². The summed E-state index contributed by atoms with van der Waals surface area (Å²) < 4.78 is 30.3. The van der Waals surface area contributed by atoms with Crippen molar-refractivity contribution in [3.05, 3.63) is 53.3 Å². The van der Waals surface area contributed by atoms with Gasteiger partial charge in [-0.3, -0.25) is 9.59 Å². The minimum absolute atomic E-state index is 0.321. The molecule has 0 unspecified atom stereocenters.